The quantitative estimate of drug-likeness (QED) is 0.639. The molecule has 0 saturated heterocycles. The number of rotatable bonds is 3. The van der Waals surface area contributed by atoms with E-state index in [4.69, 9.17) is 0 Å². The fourth-order valence-electron chi connectivity index (χ4n) is 2.42. The van der Waals surface area contributed by atoms with E-state index in [1.54, 1.807) is 30.8 Å². The van der Waals surface area contributed by atoms with E-state index in [0.29, 0.717) is 22.4 Å². The van der Waals surface area contributed by atoms with Crippen LogP contribution in [0.2, 0.25) is 0 Å². The zero-order valence-corrected chi connectivity index (χ0v) is 13.0. The summed E-state index contributed by atoms with van der Waals surface area (Å²) in [4.78, 5) is 44.4. The maximum Gasteiger partial charge on any atom is 0.332 e. The largest absolute Gasteiger partial charge is 0.332 e. The molecule has 8 heteroatoms. The minimum atomic E-state index is -0.460. The maximum atomic E-state index is 12.6. The standard InChI is InChI=1S/C15H15N5O3/c1-9(21)10-4-5-11(16-6-10)7-20-14(22)12-13(17-8-18(12)2)19(3)15(20)23/h4-6,8H,7H2,1-3H3. The zero-order valence-electron chi connectivity index (χ0n) is 13.0. The van der Waals surface area contributed by atoms with Crippen LogP contribution in [0.5, 0.6) is 0 Å². The van der Waals surface area contributed by atoms with Crippen molar-refractivity contribution in [3.8, 4) is 0 Å². The first kappa shape index (κ1) is 14.9. The summed E-state index contributed by atoms with van der Waals surface area (Å²) >= 11 is 0. The van der Waals surface area contributed by atoms with Crippen LogP contribution in [-0.4, -0.2) is 29.5 Å². The van der Waals surface area contributed by atoms with Crippen LogP contribution in [0.25, 0.3) is 11.2 Å². The molecule has 0 aliphatic carbocycles. The van der Waals surface area contributed by atoms with E-state index in [9.17, 15) is 14.4 Å². The van der Waals surface area contributed by atoms with E-state index in [2.05, 4.69) is 9.97 Å². The van der Waals surface area contributed by atoms with E-state index < -0.39 is 11.2 Å². The Morgan fingerprint density at radius 1 is 1.17 bits per heavy atom. The first-order chi connectivity index (χ1) is 10.9. The van der Waals surface area contributed by atoms with Crippen molar-refractivity contribution in [3.05, 3.63) is 56.8 Å². The van der Waals surface area contributed by atoms with Crippen molar-refractivity contribution in [3.63, 3.8) is 0 Å². The third kappa shape index (κ3) is 2.37. The monoisotopic (exact) mass is 313 g/mol. The number of hydrogen-bond donors (Lipinski definition) is 0. The van der Waals surface area contributed by atoms with Gasteiger partial charge in [-0.05, 0) is 19.1 Å². The summed E-state index contributed by atoms with van der Waals surface area (Å²) in [6.07, 6.45) is 2.94. The van der Waals surface area contributed by atoms with Crippen LogP contribution in [0.4, 0.5) is 0 Å². The highest BCUT2D eigenvalue weighted by molar-refractivity contribution is 5.93. The summed E-state index contributed by atoms with van der Waals surface area (Å²) in [7, 11) is 3.27. The second-order valence-corrected chi connectivity index (χ2v) is 5.35. The molecule has 0 N–H and O–H groups in total. The van der Waals surface area contributed by atoms with Crippen LogP contribution < -0.4 is 11.2 Å². The average Bonchev–Trinajstić information content (AvgIpc) is 2.92. The smallest absolute Gasteiger partial charge is 0.328 e. The topological polar surface area (TPSA) is 91.8 Å². The number of aryl methyl sites for hydroxylation is 2. The highest BCUT2D eigenvalue weighted by Crippen LogP contribution is 2.05. The molecule has 23 heavy (non-hydrogen) atoms. The molecule has 0 aliphatic heterocycles. The Bertz CT molecular complexity index is 1020. The summed E-state index contributed by atoms with van der Waals surface area (Å²) in [6, 6.07) is 3.26. The lowest BCUT2D eigenvalue weighted by molar-refractivity contribution is 0.101. The van der Waals surface area contributed by atoms with Crippen LogP contribution in [0, 0.1) is 0 Å². The zero-order chi connectivity index (χ0) is 16.7. The number of imidazole rings is 1. The molecule has 3 heterocycles. The third-order valence-corrected chi connectivity index (χ3v) is 3.75. The van der Waals surface area contributed by atoms with Gasteiger partial charge in [-0.25, -0.2) is 9.78 Å². The van der Waals surface area contributed by atoms with Crippen molar-refractivity contribution < 1.29 is 4.79 Å². The van der Waals surface area contributed by atoms with Gasteiger partial charge in [0.25, 0.3) is 5.56 Å². The van der Waals surface area contributed by atoms with Crippen molar-refractivity contribution in [2.45, 2.75) is 13.5 Å². The van der Waals surface area contributed by atoms with Gasteiger partial charge in [0.15, 0.2) is 16.9 Å². The molecule has 8 nitrogen and oxygen atoms in total. The number of carbonyl (C=O) groups excluding carboxylic acids is 1. The molecule has 3 aromatic heterocycles. The van der Waals surface area contributed by atoms with Crippen LogP contribution >= 0.6 is 0 Å². The fraction of sp³-hybridized carbons (Fsp3) is 0.267. The highest BCUT2D eigenvalue weighted by Gasteiger charge is 2.15. The lowest BCUT2D eigenvalue weighted by atomic mass is 10.2. The molecule has 118 valence electrons. The molecule has 3 aromatic rings. The number of fused-ring (bicyclic) bond motifs is 1. The predicted molar refractivity (Wildman–Crippen MR) is 83.6 cm³/mol. The lowest BCUT2D eigenvalue weighted by Crippen LogP contribution is -2.40. The number of carbonyl (C=O) groups is 1. The van der Waals surface area contributed by atoms with Crippen LogP contribution in [-0.2, 0) is 20.6 Å². The summed E-state index contributed by atoms with van der Waals surface area (Å²) in [5.41, 5.74) is 0.831. The fourth-order valence-corrected chi connectivity index (χ4v) is 2.42. The van der Waals surface area contributed by atoms with Crippen molar-refractivity contribution in [1.82, 2.24) is 23.7 Å². The molecule has 0 fully saturated rings. The molecule has 0 amide bonds. The number of hydrogen-bond acceptors (Lipinski definition) is 5. The summed E-state index contributed by atoms with van der Waals surface area (Å²) in [5, 5.41) is 0. The molecule has 0 aliphatic rings. The highest BCUT2D eigenvalue weighted by atomic mass is 16.2. The molecule has 0 radical (unpaired) electrons. The lowest BCUT2D eigenvalue weighted by Gasteiger charge is -2.08. The minimum Gasteiger partial charge on any atom is -0.328 e. The van der Waals surface area contributed by atoms with Crippen molar-refractivity contribution >= 4 is 16.9 Å². The van der Waals surface area contributed by atoms with Crippen LogP contribution in [0.1, 0.15) is 23.0 Å². The Hall–Kier alpha value is -3.03. The van der Waals surface area contributed by atoms with Gasteiger partial charge in [0.2, 0.25) is 0 Å². The van der Waals surface area contributed by atoms with Gasteiger partial charge in [0.1, 0.15) is 0 Å². The van der Waals surface area contributed by atoms with Gasteiger partial charge >= 0.3 is 5.69 Å². The van der Waals surface area contributed by atoms with Gasteiger partial charge in [-0.2, -0.15) is 0 Å². The van der Waals surface area contributed by atoms with E-state index >= 15 is 0 Å². The van der Waals surface area contributed by atoms with Crippen molar-refractivity contribution in [2.24, 2.45) is 14.1 Å². The minimum absolute atomic E-state index is 0.0326. The summed E-state index contributed by atoms with van der Waals surface area (Å²) < 4.78 is 4.03. The van der Waals surface area contributed by atoms with Gasteiger partial charge in [-0.3, -0.25) is 23.7 Å². The third-order valence-electron chi connectivity index (χ3n) is 3.75. The van der Waals surface area contributed by atoms with Crippen LogP contribution in [0.15, 0.2) is 34.2 Å². The molecule has 0 saturated carbocycles. The van der Waals surface area contributed by atoms with Crippen molar-refractivity contribution in [2.75, 3.05) is 0 Å². The Kier molecular flexibility index (Phi) is 3.44. The molecule has 0 aromatic carbocycles. The Morgan fingerprint density at radius 3 is 2.52 bits per heavy atom. The molecule has 0 bridgehead atoms. The Balaban J connectivity index is 2.13. The van der Waals surface area contributed by atoms with Gasteiger partial charge in [0, 0.05) is 25.9 Å². The van der Waals surface area contributed by atoms with Gasteiger partial charge in [0.05, 0.1) is 18.6 Å². The van der Waals surface area contributed by atoms with E-state index in [0.717, 1.165) is 4.57 Å². The van der Waals surface area contributed by atoms with E-state index in [-0.39, 0.29) is 12.3 Å². The molecular formula is C15H15N5O3. The number of ketones is 1. The molecular weight excluding hydrogens is 298 g/mol. The Morgan fingerprint density at radius 2 is 1.91 bits per heavy atom. The molecule has 3 rings (SSSR count). The van der Waals surface area contributed by atoms with Crippen molar-refractivity contribution in [1.29, 1.82) is 0 Å². The maximum absolute atomic E-state index is 12.6. The number of aromatic nitrogens is 5. The second kappa shape index (κ2) is 5.31. The summed E-state index contributed by atoms with van der Waals surface area (Å²) in [5.74, 6) is -0.0894. The first-order valence-electron chi connectivity index (χ1n) is 6.97. The molecule has 0 unspecified atom stereocenters. The van der Waals surface area contributed by atoms with Gasteiger partial charge < -0.3 is 4.57 Å². The average molecular weight is 313 g/mol. The van der Waals surface area contributed by atoms with Crippen LogP contribution in [0.3, 0.4) is 0 Å². The normalized spacial score (nSPS) is 11.1. The predicted octanol–water partition coefficient (Wildman–Crippen LogP) is 0.0796. The number of Topliss-reactive ketones (excluding diaryl/α,β-unsaturated/α-hetero) is 1. The first-order valence-corrected chi connectivity index (χ1v) is 6.97. The SMILES string of the molecule is CC(=O)c1ccc(Cn2c(=O)c3c(ncn3C)n(C)c2=O)nc1. The van der Waals surface area contributed by atoms with E-state index in [1.807, 2.05) is 0 Å². The van der Waals surface area contributed by atoms with Gasteiger partial charge in [-0.1, -0.05) is 0 Å². The second-order valence-electron chi connectivity index (χ2n) is 5.35. The Labute approximate surface area is 130 Å². The summed E-state index contributed by atoms with van der Waals surface area (Å²) in [6.45, 7) is 1.48. The van der Waals surface area contributed by atoms with E-state index in [1.165, 1.54) is 24.0 Å². The molecule has 0 spiro atoms. The number of pyridine rings is 1. The van der Waals surface area contributed by atoms with Gasteiger partial charge in [-0.15, -0.1) is 0 Å². The number of nitrogens with zero attached hydrogens (tertiary/aromatic N) is 5. The molecule has 0 atom stereocenters.